The molecule has 160 valence electrons. The predicted octanol–water partition coefficient (Wildman–Crippen LogP) is 6.90. The van der Waals surface area contributed by atoms with Gasteiger partial charge in [-0.3, -0.25) is 0 Å². The van der Waals surface area contributed by atoms with Crippen LogP contribution in [-0.2, 0) is 5.41 Å². The predicted molar refractivity (Wildman–Crippen MR) is 98.8 cm³/mol. The Kier molecular flexibility index (Phi) is 6.26. The van der Waals surface area contributed by atoms with Crippen molar-refractivity contribution in [3.05, 3.63) is 65.2 Å². The minimum atomic E-state index is -6.10. The number of rotatable bonds is 6. The third kappa shape index (κ3) is 5.03. The van der Waals surface area contributed by atoms with E-state index >= 15 is 0 Å². The van der Waals surface area contributed by atoms with Crippen LogP contribution in [0.2, 0.25) is 0 Å². The smallest absolute Gasteiger partial charge is 0.384 e. The monoisotopic (exact) mass is 421 g/mol. The number of anilines is 1. The van der Waals surface area contributed by atoms with Crippen LogP contribution in [0.25, 0.3) is 0 Å². The van der Waals surface area contributed by atoms with Crippen molar-refractivity contribution in [1.82, 2.24) is 0 Å². The molecule has 1 N–H and O–H groups in total. The van der Waals surface area contributed by atoms with Crippen molar-refractivity contribution in [2.45, 2.75) is 50.6 Å². The first kappa shape index (κ1) is 23.0. The van der Waals surface area contributed by atoms with E-state index in [4.69, 9.17) is 0 Å². The van der Waals surface area contributed by atoms with E-state index in [1.807, 2.05) is 6.92 Å². The molecule has 1 unspecified atom stereocenters. The summed E-state index contributed by atoms with van der Waals surface area (Å²) in [5, 5.41) is 2.85. The van der Waals surface area contributed by atoms with E-state index in [2.05, 4.69) is 5.32 Å². The molecule has 0 saturated carbocycles. The van der Waals surface area contributed by atoms with Gasteiger partial charge in [0.25, 0.3) is 5.67 Å². The molecular weight excluding hydrogens is 399 g/mol. The molecule has 0 radical (unpaired) electrons. The molecule has 1 nitrogen and oxygen atoms in total. The number of hydrogen-bond donors (Lipinski definition) is 1. The van der Waals surface area contributed by atoms with Crippen LogP contribution >= 0.6 is 0 Å². The highest BCUT2D eigenvalue weighted by molar-refractivity contribution is 5.45. The number of benzene rings is 2. The molecule has 2 aromatic rings. The van der Waals surface area contributed by atoms with Crippen LogP contribution in [-0.4, -0.2) is 24.6 Å². The first-order chi connectivity index (χ1) is 13.2. The maximum Gasteiger partial charge on any atom is 0.431 e. The van der Waals surface area contributed by atoms with Crippen LogP contribution < -0.4 is 5.32 Å². The van der Waals surface area contributed by atoms with E-state index < -0.39 is 29.9 Å². The fourth-order valence-corrected chi connectivity index (χ4v) is 3.09. The van der Waals surface area contributed by atoms with E-state index in [1.54, 1.807) is 43.3 Å². The Morgan fingerprint density at radius 3 is 1.52 bits per heavy atom. The molecule has 8 heteroatoms. The molecule has 1 atom stereocenters. The Bertz CT molecular complexity index is 793. The van der Waals surface area contributed by atoms with E-state index in [9.17, 15) is 30.7 Å². The molecule has 0 aliphatic carbocycles. The summed E-state index contributed by atoms with van der Waals surface area (Å²) in [7, 11) is 0. The van der Waals surface area contributed by atoms with Gasteiger partial charge in [0.05, 0.1) is 0 Å². The number of hydrogen-bond acceptors (Lipinski definition) is 1. The zero-order valence-corrected chi connectivity index (χ0v) is 16.2. The van der Waals surface area contributed by atoms with Gasteiger partial charge >= 0.3 is 12.4 Å². The number of nitrogens with one attached hydrogen (secondary N) is 1. The lowest BCUT2D eigenvalue weighted by Gasteiger charge is -2.39. The van der Waals surface area contributed by atoms with Gasteiger partial charge < -0.3 is 5.32 Å². The Labute approximate surface area is 164 Å². The summed E-state index contributed by atoms with van der Waals surface area (Å²) < 4.78 is 93.8. The van der Waals surface area contributed by atoms with Crippen molar-refractivity contribution >= 4 is 5.69 Å². The molecular formula is C21H22F7N. The van der Waals surface area contributed by atoms with Crippen molar-refractivity contribution in [2.75, 3.05) is 11.9 Å². The lowest BCUT2D eigenvalue weighted by Crippen LogP contribution is -2.57. The van der Waals surface area contributed by atoms with Crippen molar-refractivity contribution in [3.8, 4) is 0 Å². The van der Waals surface area contributed by atoms with Crippen LogP contribution in [0.3, 0.4) is 0 Å². The van der Waals surface area contributed by atoms with Crippen molar-refractivity contribution in [1.29, 1.82) is 0 Å². The number of halogens is 7. The highest BCUT2D eigenvalue weighted by atomic mass is 19.4. The molecule has 0 amide bonds. The third-order valence-corrected chi connectivity index (χ3v) is 5.02. The summed E-state index contributed by atoms with van der Waals surface area (Å²) in [6.45, 7) is 4.45. The third-order valence-electron chi connectivity index (χ3n) is 5.02. The van der Waals surface area contributed by atoms with Gasteiger partial charge in [0.1, 0.15) is 0 Å². The zero-order chi connectivity index (χ0) is 22.1. The van der Waals surface area contributed by atoms with Crippen LogP contribution in [0, 0.1) is 13.8 Å². The second kappa shape index (κ2) is 7.88. The van der Waals surface area contributed by atoms with Crippen molar-refractivity contribution in [2.24, 2.45) is 0 Å². The SMILES string of the molecule is Cc1ccc(NCC(C)(CC(F)(C(F)(F)F)C(F)(F)F)c2ccc(C)cc2)cc1. The van der Waals surface area contributed by atoms with Crippen molar-refractivity contribution in [3.63, 3.8) is 0 Å². The lowest BCUT2D eigenvalue weighted by molar-refractivity contribution is -0.346. The van der Waals surface area contributed by atoms with Gasteiger partial charge in [0, 0.05) is 24.1 Å². The molecule has 0 spiro atoms. The Balaban J connectivity index is 2.45. The molecule has 0 aliphatic rings. The molecule has 0 aliphatic heterocycles. The van der Waals surface area contributed by atoms with Gasteiger partial charge in [-0.1, -0.05) is 54.4 Å². The van der Waals surface area contributed by atoms with Gasteiger partial charge in [-0.15, -0.1) is 0 Å². The molecule has 0 fully saturated rings. The maximum absolute atomic E-state index is 14.6. The quantitative estimate of drug-likeness (QED) is 0.501. The summed E-state index contributed by atoms with van der Waals surface area (Å²) >= 11 is 0. The van der Waals surface area contributed by atoms with Crippen LogP contribution in [0.4, 0.5) is 36.4 Å². The normalized spacial score (nSPS) is 15.1. The number of alkyl halides is 7. The second-order valence-corrected chi connectivity index (χ2v) is 7.62. The summed E-state index contributed by atoms with van der Waals surface area (Å²) in [6.07, 6.45) is -14.0. The Hall–Kier alpha value is -2.25. The minimum absolute atomic E-state index is 0.179. The molecule has 0 saturated heterocycles. The molecule has 0 bridgehead atoms. The second-order valence-electron chi connectivity index (χ2n) is 7.62. The Morgan fingerprint density at radius 1 is 0.690 bits per heavy atom. The Morgan fingerprint density at radius 2 is 1.10 bits per heavy atom. The van der Waals surface area contributed by atoms with Crippen molar-refractivity contribution < 1.29 is 30.7 Å². The van der Waals surface area contributed by atoms with E-state index in [0.717, 1.165) is 11.1 Å². The van der Waals surface area contributed by atoms with Crippen LogP contribution in [0.5, 0.6) is 0 Å². The van der Waals surface area contributed by atoms with E-state index in [-0.39, 0.29) is 12.1 Å². The minimum Gasteiger partial charge on any atom is -0.384 e. The average molecular weight is 421 g/mol. The van der Waals surface area contributed by atoms with Gasteiger partial charge in [-0.2, -0.15) is 26.3 Å². The first-order valence-electron chi connectivity index (χ1n) is 8.88. The van der Waals surface area contributed by atoms with E-state index in [1.165, 1.54) is 19.1 Å². The van der Waals surface area contributed by atoms with Gasteiger partial charge in [-0.05, 0) is 31.5 Å². The molecule has 2 rings (SSSR count). The molecule has 0 aromatic heterocycles. The molecule has 29 heavy (non-hydrogen) atoms. The average Bonchev–Trinajstić information content (AvgIpc) is 2.60. The molecule has 0 heterocycles. The summed E-state index contributed by atoms with van der Waals surface area (Å²) in [6, 6.07) is 12.8. The fourth-order valence-electron chi connectivity index (χ4n) is 3.09. The maximum atomic E-state index is 14.6. The highest BCUT2D eigenvalue weighted by Crippen LogP contribution is 2.52. The lowest BCUT2D eigenvalue weighted by atomic mass is 9.73. The highest BCUT2D eigenvalue weighted by Gasteiger charge is 2.73. The van der Waals surface area contributed by atoms with Crippen LogP contribution in [0.1, 0.15) is 30.0 Å². The summed E-state index contributed by atoms with van der Waals surface area (Å²) in [4.78, 5) is 0. The van der Waals surface area contributed by atoms with Gasteiger partial charge in [0.2, 0.25) is 0 Å². The summed E-state index contributed by atoms with van der Waals surface area (Å²) in [5.74, 6) is 0. The fraction of sp³-hybridized carbons (Fsp3) is 0.429. The van der Waals surface area contributed by atoms with Gasteiger partial charge in [-0.25, -0.2) is 4.39 Å². The van der Waals surface area contributed by atoms with E-state index in [0.29, 0.717) is 5.69 Å². The van der Waals surface area contributed by atoms with Crippen LogP contribution in [0.15, 0.2) is 48.5 Å². The largest absolute Gasteiger partial charge is 0.431 e. The number of aryl methyl sites for hydroxylation is 2. The zero-order valence-electron chi connectivity index (χ0n) is 16.2. The topological polar surface area (TPSA) is 12.0 Å². The molecule has 2 aromatic carbocycles. The standard InChI is InChI=1S/C21H22F7N/c1-14-4-8-16(9-5-14)18(3,13-29-17-10-6-15(2)7-11-17)12-19(22,20(23,24)25)21(26,27)28/h4-11,29H,12-13H2,1-3H3. The van der Waals surface area contributed by atoms with Gasteiger partial charge in [0.15, 0.2) is 0 Å². The summed E-state index contributed by atoms with van der Waals surface area (Å²) in [5.41, 5.74) is -4.72. The first-order valence-corrected chi connectivity index (χ1v) is 8.88.